The summed E-state index contributed by atoms with van der Waals surface area (Å²) in [7, 11) is 1.63. The lowest BCUT2D eigenvalue weighted by Gasteiger charge is -2.23. The highest BCUT2D eigenvalue weighted by Crippen LogP contribution is 2.12. The molecular weight excluding hydrogens is 242 g/mol. The van der Waals surface area contributed by atoms with Gasteiger partial charge in [0.05, 0.1) is 0 Å². The van der Waals surface area contributed by atoms with Gasteiger partial charge in [0.2, 0.25) is 0 Å². The third kappa shape index (κ3) is 3.32. The van der Waals surface area contributed by atoms with Crippen molar-refractivity contribution in [2.45, 2.75) is 6.42 Å². The number of amides is 2. The summed E-state index contributed by atoms with van der Waals surface area (Å²) in [4.78, 5) is 27.4. The fourth-order valence-corrected chi connectivity index (χ4v) is 2.10. The summed E-state index contributed by atoms with van der Waals surface area (Å²) in [6.07, 6.45) is 0.883. The third-order valence-electron chi connectivity index (χ3n) is 3.26. The van der Waals surface area contributed by atoms with Crippen LogP contribution in [-0.4, -0.2) is 49.9 Å². The minimum atomic E-state index is -0.479. The minimum absolute atomic E-state index is 0.421. The number of rotatable bonds is 1. The van der Waals surface area contributed by atoms with Gasteiger partial charge in [-0.3, -0.25) is 9.59 Å². The van der Waals surface area contributed by atoms with Gasteiger partial charge in [-0.1, -0.05) is 18.2 Å². The molecule has 0 aliphatic carbocycles. The number of carbonyl (C=O) groups excluding carboxylic acids is 2. The van der Waals surface area contributed by atoms with Gasteiger partial charge in [0.25, 0.3) is 0 Å². The second-order valence-electron chi connectivity index (χ2n) is 4.60. The zero-order chi connectivity index (χ0) is 13.7. The number of para-hydroxylation sites is 1. The van der Waals surface area contributed by atoms with Crippen molar-refractivity contribution >= 4 is 17.5 Å². The summed E-state index contributed by atoms with van der Waals surface area (Å²) in [5.41, 5.74) is 0.730. The number of nitrogens with zero attached hydrogens (tertiary/aromatic N) is 2. The van der Waals surface area contributed by atoms with Crippen molar-refractivity contribution in [3.8, 4) is 0 Å². The molecule has 0 atom stereocenters. The molecule has 0 unspecified atom stereocenters. The molecule has 1 fully saturated rings. The van der Waals surface area contributed by atoms with Gasteiger partial charge in [0.15, 0.2) is 0 Å². The summed E-state index contributed by atoms with van der Waals surface area (Å²) in [6, 6.07) is 9.20. The molecule has 1 aliphatic rings. The van der Waals surface area contributed by atoms with E-state index in [1.165, 1.54) is 4.90 Å². The molecule has 0 saturated carbocycles. The van der Waals surface area contributed by atoms with Crippen LogP contribution >= 0.6 is 0 Å². The van der Waals surface area contributed by atoms with Crippen molar-refractivity contribution in [3.05, 3.63) is 30.3 Å². The molecule has 19 heavy (non-hydrogen) atoms. The molecule has 0 bridgehead atoms. The Morgan fingerprint density at radius 2 is 1.89 bits per heavy atom. The molecule has 1 heterocycles. The summed E-state index contributed by atoms with van der Waals surface area (Å²) < 4.78 is 0. The summed E-state index contributed by atoms with van der Waals surface area (Å²) in [5, 5.41) is 3.21. The summed E-state index contributed by atoms with van der Waals surface area (Å²) in [6.45, 7) is 2.87. The van der Waals surface area contributed by atoms with Crippen LogP contribution in [0.5, 0.6) is 0 Å². The Morgan fingerprint density at radius 1 is 1.16 bits per heavy atom. The molecule has 1 aliphatic heterocycles. The van der Waals surface area contributed by atoms with E-state index in [-0.39, 0.29) is 0 Å². The lowest BCUT2D eigenvalue weighted by molar-refractivity contribution is -0.144. The van der Waals surface area contributed by atoms with Crippen molar-refractivity contribution in [1.29, 1.82) is 0 Å². The van der Waals surface area contributed by atoms with Crippen molar-refractivity contribution in [2.24, 2.45) is 0 Å². The Kier molecular flexibility index (Phi) is 4.52. The SMILES string of the molecule is CN(C(=O)C(=O)N1CCCNCC1)c1ccccc1. The highest BCUT2D eigenvalue weighted by molar-refractivity contribution is 6.40. The van der Waals surface area contributed by atoms with Gasteiger partial charge in [-0.25, -0.2) is 0 Å². The average molecular weight is 261 g/mol. The molecule has 0 radical (unpaired) electrons. The highest BCUT2D eigenvalue weighted by atomic mass is 16.2. The molecule has 1 aromatic carbocycles. The van der Waals surface area contributed by atoms with Gasteiger partial charge in [-0.15, -0.1) is 0 Å². The Morgan fingerprint density at radius 3 is 2.63 bits per heavy atom. The lowest BCUT2D eigenvalue weighted by atomic mass is 10.3. The van der Waals surface area contributed by atoms with Gasteiger partial charge in [-0.05, 0) is 25.1 Å². The molecule has 2 amide bonds. The first-order valence-corrected chi connectivity index (χ1v) is 6.53. The maximum Gasteiger partial charge on any atom is 0.316 e. The molecule has 0 aromatic heterocycles. The Bertz CT molecular complexity index is 439. The number of anilines is 1. The predicted molar refractivity (Wildman–Crippen MR) is 73.9 cm³/mol. The van der Waals surface area contributed by atoms with Crippen LogP contribution in [-0.2, 0) is 9.59 Å². The van der Waals surface area contributed by atoms with Crippen LogP contribution in [0.15, 0.2) is 30.3 Å². The quantitative estimate of drug-likeness (QED) is 0.748. The fourth-order valence-electron chi connectivity index (χ4n) is 2.10. The van der Waals surface area contributed by atoms with E-state index in [9.17, 15) is 9.59 Å². The molecule has 102 valence electrons. The Hall–Kier alpha value is -1.88. The molecule has 1 saturated heterocycles. The van der Waals surface area contributed by atoms with E-state index in [0.717, 1.165) is 25.2 Å². The van der Waals surface area contributed by atoms with Crippen LogP contribution in [0.25, 0.3) is 0 Å². The van der Waals surface area contributed by atoms with E-state index in [1.54, 1.807) is 11.9 Å². The van der Waals surface area contributed by atoms with Crippen molar-refractivity contribution in [2.75, 3.05) is 38.1 Å². The molecule has 1 aromatic rings. The minimum Gasteiger partial charge on any atom is -0.333 e. The first-order chi connectivity index (χ1) is 9.20. The van der Waals surface area contributed by atoms with Gasteiger partial charge in [-0.2, -0.15) is 0 Å². The smallest absolute Gasteiger partial charge is 0.316 e. The van der Waals surface area contributed by atoms with Gasteiger partial charge in [0.1, 0.15) is 0 Å². The maximum absolute atomic E-state index is 12.2. The van der Waals surface area contributed by atoms with E-state index >= 15 is 0 Å². The van der Waals surface area contributed by atoms with Gasteiger partial charge >= 0.3 is 11.8 Å². The normalized spacial score (nSPS) is 15.7. The van der Waals surface area contributed by atoms with Gasteiger partial charge < -0.3 is 15.1 Å². The maximum atomic E-state index is 12.2. The van der Waals surface area contributed by atoms with Crippen LogP contribution < -0.4 is 10.2 Å². The molecular formula is C14H19N3O2. The fraction of sp³-hybridized carbons (Fsp3) is 0.429. The lowest BCUT2D eigenvalue weighted by Crippen LogP contribution is -2.45. The van der Waals surface area contributed by atoms with E-state index in [1.807, 2.05) is 30.3 Å². The van der Waals surface area contributed by atoms with Crippen molar-refractivity contribution in [1.82, 2.24) is 10.2 Å². The van der Waals surface area contributed by atoms with E-state index < -0.39 is 11.8 Å². The van der Waals surface area contributed by atoms with E-state index in [4.69, 9.17) is 0 Å². The zero-order valence-corrected chi connectivity index (χ0v) is 11.1. The molecule has 0 spiro atoms. The number of hydrogen-bond donors (Lipinski definition) is 1. The monoisotopic (exact) mass is 261 g/mol. The van der Waals surface area contributed by atoms with E-state index in [0.29, 0.717) is 13.1 Å². The summed E-state index contributed by atoms with van der Waals surface area (Å²) >= 11 is 0. The predicted octanol–water partition coefficient (Wildman–Crippen LogP) is 0.471. The second-order valence-corrected chi connectivity index (χ2v) is 4.60. The molecule has 5 nitrogen and oxygen atoms in total. The highest BCUT2D eigenvalue weighted by Gasteiger charge is 2.26. The Balaban J connectivity index is 2.04. The number of likely N-dealkylation sites (N-methyl/N-ethyl adjacent to an activating group) is 1. The average Bonchev–Trinajstić information content (AvgIpc) is 2.75. The molecule has 1 N–H and O–H groups in total. The number of benzene rings is 1. The summed E-state index contributed by atoms with van der Waals surface area (Å²) in [5.74, 6) is -0.900. The van der Waals surface area contributed by atoms with E-state index in [2.05, 4.69) is 5.32 Å². The van der Waals surface area contributed by atoms with Crippen LogP contribution in [0, 0.1) is 0 Å². The first-order valence-electron chi connectivity index (χ1n) is 6.53. The number of hydrogen-bond acceptors (Lipinski definition) is 3. The number of carbonyl (C=O) groups is 2. The van der Waals surface area contributed by atoms with Crippen LogP contribution in [0.2, 0.25) is 0 Å². The third-order valence-corrected chi connectivity index (χ3v) is 3.26. The molecule has 5 heteroatoms. The van der Waals surface area contributed by atoms with Crippen LogP contribution in [0.4, 0.5) is 5.69 Å². The Labute approximate surface area is 113 Å². The van der Waals surface area contributed by atoms with Crippen LogP contribution in [0.1, 0.15) is 6.42 Å². The standard InChI is InChI=1S/C14H19N3O2/c1-16(12-6-3-2-4-7-12)13(18)14(19)17-10-5-8-15-9-11-17/h2-4,6-7,15H,5,8-11H2,1H3. The van der Waals surface area contributed by atoms with Crippen LogP contribution in [0.3, 0.4) is 0 Å². The zero-order valence-electron chi connectivity index (χ0n) is 11.1. The second kappa shape index (κ2) is 6.33. The first kappa shape index (κ1) is 13.5. The number of nitrogens with one attached hydrogen (secondary N) is 1. The van der Waals surface area contributed by atoms with Crippen molar-refractivity contribution < 1.29 is 9.59 Å². The largest absolute Gasteiger partial charge is 0.333 e. The molecule has 2 rings (SSSR count). The topological polar surface area (TPSA) is 52.7 Å². The van der Waals surface area contributed by atoms with Crippen molar-refractivity contribution in [3.63, 3.8) is 0 Å². The van der Waals surface area contributed by atoms with Gasteiger partial charge in [0, 0.05) is 32.4 Å².